The second-order valence-corrected chi connectivity index (χ2v) is 7.67. The molecule has 0 spiro atoms. The number of benzene rings is 1. The maximum Gasteiger partial charge on any atom is 0.248 e. The number of aryl methyl sites for hydroxylation is 1. The molecule has 9 nitrogen and oxygen atoms in total. The summed E-state index contributed by atoms with van der Waals surface area (Å²) in [5, 5.41) is 18.4. The van der Waals surface area contributed by atoms with E-state index in [-0.39, 0.29) is 31.8 Å². The maximum atomic E-state index is 13.9. The van der Waals surface area contributed by atoms with E-state index in [4.69, 9.17) is 9.26 Å². The largest absolute Gasteiger partial charge is 0.378 e. The number of hydrogen-bond acceptors (Lipinski definition) is 7. The number of ether oxygens (including phenoxy) is 1. The van der Waals surface area contributed by atoms with Crippen LogP contribution in [0.2, 0.25) is 0 Å². The number of hydrogen-bond donors (Lipinski definition) is 1. The van der Waals surface area contributed by atoms with Crippen LogP contribution in [0.1, 0.15) is 36.4 Å². The normalized spacial score (nSPS) is 18.8. The minimum Gasteiger partial charge on any atom is -0.378 e. The Bertz CT molecular complexity index is 1050. The lowest BCUT2D eigenvalue weighted by atomic mass is 9.83. The summed E-state index contributed by atoms with van der Waals surface area (Å²) in [7, 11) is 3.18. The van der Waals surface area contributed by atoms with E-state index in [9.17, 15) is 13.6 Å². The van der Waals surface area contributed by atoms with E-state index in [1.54, 1.807) is 37.4 Å². The van der Waals surface area contributed by atoms with Crippen LogP contribution >= 0.6 is 0 Å². The SMILES string of the molecule is COCc1cc(NC(=O)[C@H](c2ccc(-c3nnn(C)n3)cc2)[C@H]2CCC(F)(F)C2)on1. The number of nitrogens with one attached hydrogen (secondary N) is 1. The fourth-order valence-corrected chi connectivity index (χ4v) is 3.93. The lowest BCUT2D eigenvalue weighted by Crippen LogP contribution is -2.27. The molecule has 1 saturated carbocycles. The minimum absolute atomic E-state index is 0.146. The number of nitrogens with zero attached hydrogens (tertiary/aromatic N) is 5. The molecular weight excluding hydrogens is 410 g/mol. The van der Waals surface area contributed by atoms with Crippen LogP contribution in [0.15, 0.2) is 34.9 Å². The zero-order chi connectivity index (χ0) is 22.0. The molecule has 11 heteroatoms. The van der Waals surface area contributed by atoms with Crippen molar-refractivity contribution in [2.24, 2.45) is 13.0 Å². The number of aromatic nitrogens is 5. The molecule has 1 fully saturated rings. The van der Waals surface area contributed by atoms with Gasteiger partial charge in [0.15, 0.2) is 0 Å². The quantitative estimate of drug-likeness (QED) is 0.611. The summed E-state index contributed by atoms with van der Waals surface area (Å²) in [4.78, 5) is 14.5. The van der Waals surface area contributed by atoms with Gasteiger partial charge in [0, 0.05) is 31.6 Å². The van der Waals surface area contributed by atoms with Crippen LogP contribution < -0.4 is 5.32 Å². The van der Waals surface area contributed by atoms with Gasteiger partial charge in [0.1, 0.15) is 5.69 Å². The van der Waals surface area contributed by atoms with Gasteiger partial charge in [-0.25, -0.2) is 8.78 Å². The summed E-state index contributed by atoms with van der Waals surface area (Å²) < 4.78 is 38.0. The highest BCUT2D eigenvalue weighted by molar-refractivity contribution is 5.95. The number of alkyl halides is 2. The number of tetrazole rings is 1. The summed E-state index contributed by atoms with van der Waals surface area (Å²) in [6.07, 6.45) is -0.322. The van der Waals surface area contributed by atoms with Crippen molar-refractivity contribution in [3.63, 3.8) is 0 Å². The molecule has 1 amide bonds. The maximum absolute atomic E-state index is 13.9. The molecule has 164 valence electrons. The highest BCUT2D eigenvalue weighted by Gasteiger charge is 2.45. The average Bonchev–Trinajstić information content (AvgIpc) is 3.44. The predicted molar refractivity (Wildman–Crippen MR) is 105 cm³/mol. The lowest BCUT2D eigenvalue weighted by Gasteiger charge is -2.23. The van der Waals surface area contributed by atoms with Gasteiger partial charge in [-0.05, 0) is 23.1 Å². The Morgan fingerprint density at radius 3 is 2.77 bits per heavy atom. The zero-order valence-electron chi connectivity index (χ0n) is 17.1. The summed E-state index contributed by atoms with van der Waals surface area (Å²) >= 11 is 0. The van der Waals surface area contributed by atoms with Gasteiger partial charge in [-0.2, -0.15) is 4.80 Å². The second-order valence-electron chi connectivity index (χ2n) is 7.67. The smallest absolute Gasteiger partial charge is 0.248 e. The monoisotopic (exact) mass is 432 g/mol. The van der Waals surface area contributed by atoms with Crippen molar-refractivity contribution >= 4 is 11.8 Å². The number of rotatable bonds is 7. The molecule has 1 aromatic carbocycles. The predicted octanol–water partition coefficient (Wildman–Crippen LogP) is 3.17. The molecule has 0 saturated heterocycles. The van der Waals surface area contributed by atoms with Crippen molar-refractivity contribution in [2.75, 3.05) is 12.4 Å². The Kier molecular flexibility index (Phi) is 5.77. The molecule has 0 bridgehead atoms. The molecule has 2 aromatic heterocycles. The number of amides is 1. The molecular formula is C20H22F2N6O3. The van der Waals surface area contributed by atoms with E-state index in [0.29, 0.717) is 22.6 Å². The number of carbonyl (C=O) groups is 1. The van der Waals surface area contributed by atoms with Crippen molar-refractivity contribution < 1.29 is 22.8 Å². The van der Waals surface area contributed by atoms with Crippen LogP contribution in [0.3, 0.4) is 0 Å². The van der Waals surface area contributed by atoms with E-state index in [1.165, 1.54) is 11.9 Å². The molecule has 2 atom stereocenters. The topological polar surface area (TPSA) is 108 Å². The van der Waals surface area contributed by atoms with Crippen LogP contribution in [0.4, 0.5) is 14.7 Å². The molecule has 4 rings (SSSR count). The zero-order valence-corrected chi connectivity index (χ0v) is 17.1. The molecule has 3 aromatic rings. The van der Waals surface area contributed by atoms with Crippen molar-refractivity contribution in [3.05, 3.63) is 41.6 Å². The van der Waals surface area contributed by atoms with Crippen LogP contribution in [0, 0.1) is 5.92 Å². The molecule has 1 aliphatic rings. The Balaban J connectivity index is 1.58. The van der Waals surface area contributed by atoms with Gasteiger partial charge in [-0.3, -0.25) is 10.1 Å². The molecule has 31 heavy (non-hydrogen) atoms. The molecule has 1 aliphatic carbocycles. The van der Waals surface area contributed by atoms with Crippen LogP contribution in [0.5, 0.6) is 0 Å². The molecule has 0 unspecified atom stereocenters. The first-order valence-corrected chi connectivity index (χ1v) is 9.82. The third-order valence-electron chi connectivity index (χ3n) is 5.33. The van der Waals surface area contributed by atoms with Gasteiger partial charge >= 0.3 is 0 Å². The molecule has 0 aliphatic heterocycles. The van der Waals surface area contributed by atoms with Crippen molar-refractivity contribution in [2.45, 2.75) is 37.7 Å². The first-order chi connectivity index (χ1) is 14.8. The van der Waals surface area contributed by atoms with Gasteiger partial charge in [-0.1, -0.05) is 29.4 Å². The van der Waals surface area contributed by atoms with Gasteiger partial charge in [0.05, 0.1) is 19.6 Å². The van der Waals surface area contributed by atoms with E-state index < -0.39 is 23.7 Å². The molecule has 2 heterocycles. The summed E-state index contributed by atoms with van der Waals surface area (Å²) in [6, 6.07) is 8.53. The van der Waals surface area contributed by atoms with Crippen molar-refractivity contribution in [1.82, 2.24) is 25.4 Å². The minimum atomic E-state index is -2.77. The van der Waals surface area contributed by atoms with Crippen molar-refractivity contribution in [1.29, 1.82) is 0 Å². The summed E-state index contributed by atoms with van der Waals surface area (Å²) in [6.45, 7) is 0.232. The Morgan fingerprint density at radius 2 is 2.16 bits per heavy atom. The van der Waals surface area contributed by atoms with E-state index in [2.05, 4.69) is 25.9 Å². The second kappa shape index (κ2) is 8.50. The third kappa shape index (κ3) is 4.76. The van der Waals surface area contributed by atoms with E-state index in [1.807, 2.05) is 0 Å². The average molecular weight is 432 g/mol. The van der Waals surface area contributed by atoms with E-state index >= 15 is 0 Å². The standard InChI is InChI=1S/C20H22F2N6O3/c1-28-25-18(24-27-28)13-5-3-12(4-6-13)17(14-7-8-20(21,22)10-14)19(29)23-16-9-15(11-30-2)26-31-16/h3-6,9,14,17H,7-8,10-11H2,1-2H3,(H,23,29)/t14-,17+/m0/s1. The molecule has 0 radical (unpaired) electrons. The van der Waals surface area contributed by atoms with Gasteiger partial charge < -0.3 is 9.26 Å². The number of anilines is 1. The van der Waals surface area contributed by atoms with Crippen LogP contribution in [-0.4, -0.2) is 44.3 Å². The number of methoxy groups -OCH3 is 1. The van der Waals surface area contributed by atoms with Gasteiger partial charge in [0.2, 0.25) is 23.5 Å². The highest BCUT2D eigenvalue weighted by atomic mass is 19.3. The Labute approximate surface area is 176 Å². The van der Waals surface area contributed by atoms with Gasteiger partial charge in [-0.15, -0.1) is 10.2 Å². The van der Waals surface area contributed by atoms with E-state index in [0.717, 1.165) is 0 Å². The first-order valence-electron chi connectivity index (χ1n) is 9.82. The fourth-order valence-electron chi connectivity index (χ4n) is 3.93. The van der Waals surface area contributed by atoms with Crippen LogP contribution in [-0.2, 0) is 23.2 Å². The highest BCUT2D eigenvalue weighted by Crippen LogP contribution is 2.46. The fraction of sp³-hybridized carbons (Fsp3) is 0.450. The number of carbonyl (C=O) groups excluding carboxylic acids is 1. The Morgan fingerprint density at radius 1 is 1.39 bits per heavy atom. The van der Waals surface area contributed by atoms with Gasteiger partial charge in [0.25, 0.3) is 0 Å². The van der Waals surface area contributed by atoms with Crippen molar-refractivity contribution in [3.8, 4) is 11.4 Å². The lowest BCUT2D eigenvalue weighted by molar-refractivity contribution is -0.119. The number of halogens is 2. The van der Waals surface area contributed by atoms with Crippen LogP contribution in [0.25, 0.3) is 11.4 Å². The molecule has 1 N–H and O–H groups in total. The Hall–Kier alpha value is -3.21. The summed E-state index contributed by atoms with van der Waals surface area (Å²) in [5.74, 6) is -3.88. The summed E-state index contributed by atoms with van der Waals surface area (Å²) in [5.41, 5.74) is 1.86. The third-order valence-corrected chi connectivity index (χ3v) is 5.33. The first kappa shape index (κ1) is 21.0.